The van der Waals surface area contributed by atoms with Crippen molar-refractivity contribution in [2.75, 3.05) is 13.2 Å². The Morgan fingerprint density at radius 1 is 1.03 bits per heavy atom. The van der Waals surface area contributed by atoms with Crippen LogP contribution in [0, 0.1) is 5.92 Å². The van der Waals surface area contributed by atoms with Gasteiger partial charge in [0.25, 0.3) is 0 Å². The topological polar surface area (TPSA) is 56.1 Å². The number of nitrogens with zero attached hydrogens (tertiary/aromatic N) is 2. The molecule has 0 unspecified atom stereocenters. The highest BCUT2D eigenvalue weighted by molar-refractivity contribution is 5.78. The highest BCUT2D eigenvalue weighted by atomic mass is 16.5. The Morgan fingerprint density at radius 3 is 2.63 bits per heavy atom. The summed E-state index contributed by atoms with van der Waals surface area (Å²) in [6.45, 7) is 6.58. The molecule has 1 fully saturated rings. The van der Waals surface area contributed by atoms with E-state index in [0.717, 1.165) is 68.7 Å². The van der Waals surface area contributed by atoms with Crippen LogP contribution in [0.3, 0.4) is 0 Å². The van der Waals surface area contributed by atoms with Gasteiger partial charge in [-0.05, 0) is 55.4 Å². The number of carbonyl (C=O) groups is 1. The van der Waals surface area contributed by atoms with Crippen LogP contribution in [0.15, 0.2) is 48.5 Å². The molecule has 2 aromatic carbocycles. The number of imidazole rings is 1. The molecule has 5 heteroatoms. The quantitative estimate of drug-likeness (QED) is 0.298. The summed E-state index contributed by atoms with van der Waals surface area (Å²) in [4.78, 5) is 17.3. The van der Waals surface area contributed by atoms with Crippen molar-refractivity contribution in [1.82, 2.24) is 14.9 Å². The molecule has 0 spiro atoms. The van der Waals surface area contributed by atoms with Crippen LogP contribution >= 0.6 is 0 Å². The van der Waals surface area contributed by atoms with Crippen molar-refractivity contribution >= 4 is 16.9 Å². The predicted octanol–water partition coefficient (Wildman–Crippen LogP) is 6.65. The Morgan fingerprint density at radius 2 is 1.80 bits per heavy atom. The lowest BCUT2D eigenvalue weighted by molar-refractivity contribution is -0.125. The summed E-state index contributed by atoms with van der Waals surface area (Å²) in [7, 11) is 0. The molecule has 0 radical (unpaired) electrons. The third kappa shape index (κ3) is 6.87. The number of para-hydroxylation sites is 3. The monoisotopic (exact) mass is 475 g/mol. The number of nitrogens with one attached hydrogen (secondary N) is 1. The molecule has 3 aromatic rings. The van der Waals surface area contributed by atoms with E-state index < -0.39 is 0 Å². The number of carbonyl (C=O) groups excluding carboxylic acids is 1. The van der Waals surface area contributed by atoms with E-state index >= 15 is 0 Å². The van der Waals surface area contributed by atoms with Crippen LogP contribution in [0.2, 0.25) is 0 Å². The number of benzene rings is 2. The molecule has 188 valence electrons. The SMILES string of the molecule is CC(C)c1ccccc1OCCn1c(CCCCCNC(=O)C2CCCCC2)nc2ccccc21. The molecule has 5 nitrogen and oxygen atoms in total. The number of fused-ring (bicyclic) bond motifs is 1. The van der Waals surface area contributed by atoms with E-state index in [0.29, 0.717) is 12.5 Å². The van der Waals surface area contributed by atoms with Crippen molar-refractivity contribution in [2.45, 2.75) is 84.1 Å². The molecule has 1 aromatic heterocycles. The number of rotatable bonds is 12. The third-order valence-corrected chi connectivity index (χ3v) is 7.20. The van der Waals surface area contributed by atoms with Gasteiger partial charge in [-0.3, -0.25) is 4.79 Å². The van der Waals surface area contributed by atoms with E-state index in [1.54, 1.807) is 0 Å². The second kappa shape index (κ2) is 12.8. The van der Waals surface area contributed by atoms with Crippen molar-refractivity contribution < 1.29 is 9.53 Å². The minimum atomic E-state index is 0.248. The summed E-state index contributed by atoms with van der Waals surface area (Å²) in [6, 6.07) is 16.7. The standard InChI is InChI=1S/C30H41N3O2/c1-23(2)25-15-8-11-18-28(25)35-22-21-33-27-17-10-9-16-26(27)32-29(33)19-7-4-12-20-31-30(34)24-13-5-3-6-14-24/h8-11,15-18,23-24H,3-7,12-14,19-22H2,1-2H3,(H,31,34). The number of amides is 1. The molecule has 0 bridgehead atoms. The van der Waals surface area contributed by atoms with Crippen LogP contribution in [0.4, 0.5) is 0 Å². The van der Waals surface area contributed by atoms with E-state index in [9.17, 15) is 4.79 Å². The van der Waals surface area contributed by atoms with Crippen LogP contribution < -0.4 is 10.1 Å². The molecule has 0 saturated heterocycles. The van der Waals surface area contributed by atoms with Gasteiger partial charge < -0.3 is 14.6 Å². The summed E-state index contributed by atoms with van der Waals surface area (Å²) in [5, 5.41) is 3.16. The van der Waals surface area contributed by atoms with E-state index in [4.69, 9.17) is 9.72 Å². The molecule has 35 heavy (non-hydrogen) atoms. The Bertz CT molecular complexity index is 1080. The fourth-order valence-electron chi connectivity index (χ4n) is 5.21. The molecular formula is C30H41N3O2. The number of hydrogen-bond donors (Lipinski definition) is 1. The molecular weight excluding hydrogens is 434 g/mol. The first kappa shape index (κ1) is 25.3. The first-order valence-corrected chi connectivity index (χ1v) is 13.6. The smallest absolute Gasteiger partial charge is 0.223 e. The zero-order valence-electron chi connectivity index (χ0n) is 21.5. The van der Waals surface area contributed by atoms with Crippen LogP contribution in [0.25, 0.3) is 11.0 Å². The summed E-state index contributed by atoms with van der Waals surface area (Å²) in [5.74, 6) is 3.05. The highest BCUT2D eigenvalue weighted by Crippen LogP contribution is 2.26. The van der Waals surface area contributed by atoms with Gasteiger partial charge in [0.2, 0.25) is 5.91 Å². The second-order valence-electron chi connectivity index (χ2n) is 10.1. The van der Waals surface area contributed by atoms with Gasteiger partial charge >= 0.3 is 0 Å². The van der Waals surface area contributed by atoms with Gasteiger partial charge in [-0.25, -0.2) is 4.98 Å². The number of aromatic nitrogens is 2. The van der Waals surface area contributed by atoms with Gasteiger partial charge in [-0.2, -0.15) is 0 Å². The van der Waals surface area contributed by atoms with Crippen molar-refractivity contribution in [3.05, 3.63) is 59.9 Å². The summed E-state index contributed by atoms with van der Waals surface area (Å²) < 4.78 is 8.53. The van der Waals surface area contributed by atoms with E-state index in [-0.39, 0.29) is 11.8 Å². The molecule has 1 aliphatic carbocycles. The van der Waals surface area contributed by atoms with Gasteiger partial charge in [0.15, 0.2) is 0 Å². The van der Waals surface area contributed by atoms with Gasteiger partial charge in [0.05, 0.1) is 17.6 Å². The lowest BCUT2D eigenvalue weighted by atomic mass is 9.89. The molecule has 1 N–H and O–H groups in total. The van der Waals surface area contributed by atoms with Crippen LogP contribution in [-0.4, -0.2) is 28.6 Å². The lowest BCUT2D eigenvalue weighted by Gasteiger charge is -2.20. The normalized spacial score (nSPS) is 14.5. The van der Waals surface area contributed by atoms with E-state index in [1.165, 1.54) is 30.3 Å². The first-order chi connectivity index (χ1) is 17.1. The number of ether oxygens (including phenoxy) is 1. The second-order valence-corrected chi connectivity index (χ2v) is 10.1. The molecule has 1 saturated carbocycles. The molecule has 0 atom stereocenters. The Balaban J connectivity index is 1.27. The number of unbranched alkanes of at least 4 members (excludes halogenated alkanes) is 2. The largest absolute Gasteiger partial charge is 0.491 e. The molecule has 1 heterocycles. The fraction of sp³-hybridized carbons (Fsp3) is 0.533. The molecule has 4 rings (SSSR count). The van der Waals surface area contributed by atoms with Crippen molar-refractivity contribution in [3.8, 4) is 5.75 Å². The fourth-order valence-corrected chi connectivity index (χ4v) is 5.21. The molecule has 1 aliphatic rings. The summed E-state index contributed by atoms with van der Waals surface area (Å²) >= 11 is 0. The zero-order chi connectivity index (χ0) is 24.5. The predicted molar refractivity (Wildman–Crippen MR) is 143 cm³/mol. The minimum absolute atomic E-state index is 0.248. The number of hydrogen-bond acceptors (Lipinski definition) is 3. The molecule has 1 amide bonds. The average molecular weight is 476 g/mol. The number of aryl methyl sites for hydroxylation is 1. The van der Waals surface area contributed by atoms with Gasteiger partial charge in [0.1, 0.15) is 18.2 Å². The van der Waals surface area contributed by atoms with Crippen LogP contribution in [0.5, 0.6) is 5.75 Å². The van der Waals surface area contributed by atoms with Crippen LogP contribution in [-0.2, 0) is 17.8 Å². The minimum Gasteiger partial charge on any atom is -0.491 e. The lowest BCUT2D eigenvalue weighted by Crippen LogP contribution is -2.32. The zero-order valence-corrected chi connectivity index (χ0v) is 21.5. The van der Waals surface area contributed by atoms with E-state index in [1.807, 2.05) is 12.1 Å². The van der Waals surface area contributed by atoms with Crippen molar-refractivity contribution in [1.29, 1.82) is 0 Å². The average Bonchev–Trinajstić information content (AvgIpc) is 3.24. The van der Waals surface area contributed by atoms with Crippen LogP contribution in [0.1, 0.15) is 82.5 Å². The Hall–Kier alpha value is -2.82. The Labute approximate surface area is 210 Å². The van der Waals surface area contributed by atoms with E-state index in [2.05, 4.69) is 60.1 Å². The highest BCUT2D eigenvalue weighted by Gasteiger charge is 2.20. The summed E-state index contributed by atoms with van der Waals surface area (Å²) in [6.07, 6.45) is 9.94. The summed E-state index contributed by atoms with van der Waals surface area (Å²) in [5.41, 5.74) is 3.46. The van der Waals surface area contributed by atoms with Crippen molar-refractivity contribution in [2.24, 2.45) is 5.92 Å². The van der Waals surface area contributed by atoms with Gasteiger partial charge in [-0.1, -0.05) is 69.9 Å². The maximum Gasteiger partial charge on any atom is 0.223 e. The molecule has 0 aliphatic heterocycles. The Kier molecular flexibility index (Phi) is 9.21. The van der Waals surface area contributed by atoms with Gasteiger partial charge in [0, 0.05) is 18.9 Å². The van der Waals surface area contributed by atoms with Gasteiger partial charge in [-0.15, -0.1) is 0 Å². The maximum atomic E-state index is 12.3. The first-order valence-electron chi connectivity index (χ1n) is 13.6. The third-order valence-electron chi connectivity index (χ3n) is 7.20. The van der Waals surface area contributed by atoms with Crippen molar-refractivity contribution in [3.63, 3.8) is 0 Å². The maximum absolute atomic E-state index is 12.3.